The molecular weight excluding hydrogens is 565 g/mol. The van der Waals surface area contributed by atoms with Crippen molar-refractivity contribution in [3.8, 4) is 33.4 Å². The van der Waals surface area contributed by atoms with E-state index in [1.165, 1.54) is 98.7 Å². The molecule has 0 spiro atoms. The van der Waals surface area contributed by atoms with Crippen LogP contribution in [0.5, 0.6) is 0 Å². The van der Waals surface area contributed by atoms with Gasteiger partial charge < -0.3 is 0 Å². The van der Waals surface area contributed by atoms with Crippen LogP contribution >= 0.6 is 0 Å². The molecule has 0 aromatic heterocycles. The van der Waals surface area contributed by atoms with Crippen molar-refractivity contribution in [3.05, 3.63) is 156 Å². The monoisotopic (exact) mass is 604 g/mol. The summed E-state index contributed by atoms with van der Waals surface area (Å²) in [6.07, 6.45) is 0. The molecule has 0 saturated carbocycles. The van der Waals surface area contributed by atoms with Gasteiger partial charge in [-0.1, -0.05) is 130 Å². The number of fused-ring (bicyclic) bond motifs is 4. The van der Waals surface area contributed by atoms with E-state index in [2.05, 4.69) is 175 Å². The molecule has 0 N–H and O–H groups in total. The average molecular weight is 605 g/mol. The molecule has 8 aromatic rings. The zero-order chi connectivity index (χ0) is 32.4. The Morgan fingerprint density at radius 2 is 0.915 bits per heavy atom. The summed E-state index contributed by atoms with van der Waals surface area (Å²) in [7, 11) is 0. The number of rotatable bonds is 3. The molecule has 0 aliphatic heterocycles. The summed E-state index contributed by atoms with van der Waals surface area (Å²) >= 11 is 0. The summed E-state index contributed by atoms with van der Waals surface area (Å²) in [6.45, 7) is 13.7. The van der Waals surface area contributed by atoms with Crippen molar-refractivity contribution < 1.29 is 0 Å². The second-order valence-corrected chi connectivity index (χ2v) is 14.3. The first-order valence-corrected chi connectivity index (χ1v) is 16.8. The van der Waals surface area contributed by atoms with Crippen LogP contribution in [0.2, 0.25) is 0 Å². The molecule has 0 aliphatic carbocycles. The topological polar surface area (TPSA) is 0 Å². The Hall–Kier alpha value is -5.20. The second-order valence-electron chi connectivity index (χ2n) is 14.3. The molecule has 0 aliphatic rings. The van der Waals surface area contributed by atoms with E-state index < -0.39 is 0 Å². The number of benzene rings is 8. The Balaban J connectivity index is 1.56. The van der Waals surface area contributed by atoms with Crippen LogP contribution in [0, 0.1) is 20.8 Å². The van der Waals surface area contributed by atoms with Crippen LogP contribution in [-0.4, -0.2) is 0 Å². The third-order valence-corrected chi connectivity index (χ3v) is 10.3. The summed E-state index contributed by atoms with van der Waals surface area (Å²) in [5, 5.41) is 10.2. The first kappa shape index (κ1) is 29.2. The fourth-order valence-electron chi connectivity index (χ4n) is 7.47. The number of aryl methyl sites for hydroxylation is 2. The molecule has 0 nitrogen and oxygen atoms in total. The lowest BCUT2D eigenvalue weighted by Gasteiger charge is -2.24. The fourth-order valence-corrected chi connectivity index (χ4v) is 7.47. The van der Waals surface area contributed by atoms with Gasteiger partial charge in [0.1, 0.15) is 0 Å². The smallest absolute Gasteiger partial charge is 0.00198 e. The van der Waals surface area contributed by atoms with E-state index in [1.807, 2.05) is 0 Å². The average Bonchev–Trinajstić information content (AvgIpc) is 3.08. The van der Waals surface area contributed by atoms with E-state index in [9.17, 15) is 0 Å². The van der Waals surface area contributed by atoms with Gasteiger partial charge in [0, 0.05) is 0 Å². The van der Waals surface area contributed by atoms with Crippen LogP contribution in [0.4, 0.5) is 0 Å². The van der Waals surface area contributed by atoms with Gasteiger partial charge in [-0.3, -0.25) is 0 Å². The van der Waals surface area contributed by atoms with Gasteiger partial charge in [0.15, 0.2) is 0 Å². The van der Waals surface area contributed by atoms with Crippen LogP contribution in [0.1, 0.15) is 43.0 Å². The fraction of sp³-hybridized carbons (Fsp3) is 0.149. The third kappa shape index (κ3) is 4.91. The zero-order valence-electron chi connectivity index (χ0n) is 28.2. The maximum atomic E-state index is 2.48. The molecule has 0 bridgehead atoms. The minimum absolute atomic E-state index is 0.0115. The quantitative estimate of drug-likeness (QED) is 0.176. The Morgan fingerprint density at radius 1 is 0.383 bits per heavy atom. The number of hydrogen-bond acceptors (Lipinski definition) is 0. The molecule has 0 heterocycles. The van der Waals surface area contributed by atoms with E-state index in [-0.39, 0.29) is 5.41 Å². The predicted octanol–water partition coefficient (Wildman–Crippen LogP) is 13.5. The van der Waals surface area contributed by atoms with Crippen molar-refractivity contribution in [3.63, 3.8) is 0 Å². The van der Waals surface area contributed by atoms with Gasteiger partial charge in [0.25, 0.3) is 0 Å². The lowest BCUT2D eigenvalue weighted by Crippen LogP contribution is -2.10. The number of hydrogen-bond donors (Lipinski definition) is 0. The van der Waals surface area contributed by atoms with Crippen LogP contribution in [0.15, 0.2) is 133 Å². The molecule has 228 valence electrons. The van der Waals surface area contributed by atoms with Crippen molar-refractivity contribution in [2.45, 2.75) is 47.0 Å². The van der Waals surface area contributed by atoms with Gasteiger partial charge >= 0.3 is 0 Å². The van der Waals surface area contributed by atoms with E-state index in [1.54, 1.807) is 0 Å². The van der Waals surface area contributed by atoms with Gasteiger partial charge in [-0.15, -0.1) is 0 Å². The molecule has 0 amide bonds. The maximum Gasteiger partial charge on any atom is -0.00198 e. The SMILES string of the molecule is Cc1cc(-c2cc3ccccc3cc2-c2c3ccccc3c(-c3ccc4ccccc4c3)c3ccc(C(C)(C)C)cc23)cc(C)c1C. The van der Waals surface area contributed by atoms with Gasteiger partial charge in [0.05, 0.1) is 0 Å². The van der Waals surface area contributed by atoms with Crippen molar-refractivity contribution >= 4 is 43.1 Å². The summed E-state index contributed by atoms with van der Waals surface area (Å²) in [6, 6.07) is 50.3. The Bertz CT molecular complexity index is 2500. The van der Waals surface area contributed by atoms with Crippen molar-refractivity contribution in [1.29, 1.82) is 0 Å². The third-order valence-electron chi connectivity index (χ3n) is 10.3. The normalized spacial score (nSPS) is 12.0. The Kier molecular flexibility index (Phi) is 6.81. The standard InChI is InChI=1S/C47H40/c1-29-23-37(24-30(2)31(29)3)42-26-34-15-9-10-16-35(34)27-43(42)46-40-18-12-11-17-39(40)45(36-20-19-32-13-7-8-14-33(32)25-36)41-22-21-38(28-44(41)46)47(4,5)6/h7-28H,1-6H3. The molecule has 47 heavy (non-hydrogen) atoms. The largest absolute Gasteiger partial charge is 0.0616 e. The highest BCUT2D eigenvalue weighted by Gasteiger charge is 2.23. The van der Waals surface area contributed by atoms with E-state index in [4.69, 9.17) is 0 Å². The summed E-state index contributed by atoms with van der Waals surface area (Å²) in [5.41, 5.74) is 13.1. The lowest BCUT2D eigenvalue weighted by molar-refractivity contribution is 0.591. The van der Waals surface area contributed by atoms with Crippen LogP contribution in [0.3, 0.4) is 0 Å². The summed E-state index contributed by atoms with van der Waals surface area (Å²) in [5.74, 6) is 0. The molecule has 0 unspecified atom stereocenters. The van der Waals surface area contributed by atoms with Gasteiger partial charge in [-0.2, -0.15) is 0 Å². The molecule has 8 aromatic carbocycles. The van der Waals surface area contributed by atoms with E-state index in [0.29, 0.717) is 0 Å². The van der Waals surface area contributed by atoms with Gasteiger partial charge in [0.2, 0.25) is 0 Å². The first-order valence-electron chi connectivity index (χ1n) is 16.8. The van der Waals surface area contributed by atoms with Crippen LogP contribution < -0.4 is 0 Å². The van der Waals surface area contributed by atoms with Crippen LogP contribution in [-0.2, 0) is 5.41 Å². The van der Waals surface area contributed by atoms with Gasteiger partial charge in [-0.05, 0) is 149 Å². The lowest BCUT2D eigenvalue weighted by atomic mass is 9.79. The zero-order valence-corrected chi connectivity index (χ0v) is 28.2. The van der Waals surface area contributed by atoms with Crippen molar-refractivity contribution in [2.24, 2.45) is 0 Å². The Morgan fingerprint density at radius 3 is 1.55 bits per heavy atom. The van der Waals surface area contributed by atoms with Crippen molar-refractivity contribution in [1.82, 2.24) is 0 Å². The van der Waals surface area contributed by atoms with E-state index in [0.717, 1.165) is 0 Å². The van der Waals surface area contributed by atoms with Crippen LogP contribution in [0.25, 0.3) is 76.5 Å². The highest BCUT2D eigenvalue weighted by atomic mass is 14.3. The van der Waals surface area contributed by atoms with Gasteiger partial charge in [-0.25, -0.2) is 0 Å². The molecule has 0 atom stereocenters. The molecule has 8 rings (SSSR count). The molecule has 0 saturated heterocycles. The first-order chi connectivity index (χ1) is 22.7. The Labute approximate surface area is 278 Å². The summed E-state index contributed by atoms with van der Waals surface area (Å²) in [4.78, 5) is 0. The highest BCUT2D eigenvalue weighted by Crippen LogP contribution is 2.48. The highest BCUT2D eigenvalue weighted by molar-refractivity contribution is 6.23. The minimum Gasteiger partial charge on any atom is -0.0616 e. The second kappa shape index (κ2) is 11.0. The molecule has 0 fully saturated rings. The maximum absolute atomic E-state index is 2.48. The molecular formula is C47H40. The minimum atomic E-state index is 0.0115. The molecule has 0 radical (unpaired) electrons. The molecule has 0 heteroatoms. The predicted molar refractivity (Wildman–Crippen MR) is 206 cm³/mol. The van der Waals surface area contributed by atoms with Crippen molar-refractivity contribution in [2.75, 3.05) is 0 Å². The summed E-state index contributed by atoms with van der Waals surface area (Å²) < 4.78 is 0. The van der Waals surface area contributed by atoms with E-state index >= 15 is 0 Å².